The van der Waals surface area contributed by atoms with Gasteiger partial charge in [0.2, 0.25) is 10.0 Å². The third-order valence-electron chi connectivity index (χ3n) is 6.09. The smallest absolute Gasteiger partial charge is 0.352 e. The van der Waals surface area contributed by atoms with Crippen molar-refractivity contribution in [3.8, 4) is 11.3 Å². The number of sulfonamides is 1. The molecule has 0 spiro atoms. The van der Waals surface area contributed by atoms with Crippen LogP contribution in [0.5, 0.6) is 0 Å². The van der Waals surface area contributed by atoms with Crippen LogP contribution in [0.4, 0.5) is 19.0 Å². The van der Waals surface area contributed by atoms with E-state index >= 15 is 0 Å². The number of rotatable bonds is 4. The van der Waals surface area contributed by atoms with E-state index < -0.39 is 26.7 Å². The molecule has 0 saturated carbocycles. The Morgan fingerprint density at radius 1 is 0.743 bits per heavy atom. The van der Waals surface area contributed by atoms with Gasteiger partial charge in [-0.3, -0.25) is 0 Å². The molecule has 35 heavy (non-hydrogen) atoms. The Morgan fingerprint density at radius 3 is 2.14 bits per heavy atom. The summed E-state index contributed by atoms with van der Waals surface area (Å²) in [6.07, 6.45) is -4.76. The number of aromatic nitrogens is 2. The van der Waals surface area contributed by atoms with Crippen molar-refractivity contribution in [2.45, 2.75) is 11.1 Å². The molecule has 0 N–H and O–H groups in total. The number of nitrogens with zero attached hydrogens (tertiary/aromatic N) is 4. The fraction of sp³-hybridized carbons (Fsp3) is 0.200. The van der Waals surface area contributed by atoms with E-state index in [0.717, 1.165) is 38.5 Å². The van der Waals surface area contributed by atoms with Gasteiger partial charge in [0.25, 0.3) is 0 Å². The summed E-state index contributed by atoms with van der Waals surface area (Å²) in [5.41, 5.74) is 0.522. The number of piperazine rings is 1. The molecule has 180 valence electrons. The SMILES string of the molecule is O=S(=O)(c1ccccc1C(F)(F)F)N1CCN(c2ccc(-c3cccc4ccccc34)nn2)CC1. The Kier molecular flexibility index (Phi) is 5.94. The first kappa shape index (κ1) is 23.3. The highest BCUT2D eigenvalue weighted by atomic mass is 32.2. The first-order chi connectivity index (χ1) is 16.7. The Labute approximate surface area is 200 Å². The molecule has 1 fully saturated rings. The van der Waals surface area contributed by atoms with Gasteiger partial charge in [0.15, 0.2) is 5.82 Å². The zero-order chi connectivity index (χ0) is 24.6. The van der Waals surface area contributed by atoms with E-state index in [2.05, 4.69) is 10.2 Å². The van der Waals surface area contributed by atoms with Gasteiger partial charge in [-0.1, -0.05) is 54.6 Å². The molecule has 6 nitrogen and oxygen atoms in total. The van der Waals surface area contributed by atoms with Gasteiger partial charge in [-0.15, -0.1) is 10.2 Å². The zero-order valence-corrected chi connectivity index (χ0v) is 19.3. The van der Waals surface area contributed by atoms with E-state index in [0.29, 0.717) is 5.82 Å². The third-order valence-corrected chi connectivity index (χ3v) is 8.05. The van der Waals surface area contributed by atoms with Crippen molar-refractivity contribution in [3.63, 3.8) is 0 Å². The van der Waals surface area contributed by atoms with Gasteiger partial charge in [0, 0.05) is 31.7 Å². The van der Waals surface area contributed by atoms with E-state index in [-0.39, 0.29) is 26.2 Å². The molecule has 4 aromatic rings. The van der Waals surface area contributed by atoms with Crippen LogP contribution in [0.1, 0.15) is 5.56 Å². The topological polar surface area (TPSA) is 66.4 Å². The summed E-state index contributed by atoms with van der Waals surface area (Å²) in [5, 5.41) is 10.9. The van der Waals surface area contributed by atoms with Gasteiger partial charge in [0.1, 0.15) is 0 Å². The highest BCUT2D eigenvalue weighted by Gasteiger charge is 2.39. The predicted octanol–water partition coefficient (Wildman–Crippen LogP) is 4.83. The van der Waals surface area contributed by atoms with Gasteiger partial charge in [0.05, 0.1) is 16.2 Å². The Hall–Kier alpha value is -3.50. The monoisotopic (exact) mass is 498 g/mol. The van der Waals surface area contributed by atoms with Crippen LogP contribution in [-0.4, -0.2) is 49.1 Å². The fourth-order valence-electron chi connectivity index (χ4n) is 4.31. The fourth-order valence-corrected chi connectivity index (χ4v) is 5.94. The third kappa shape index (κ3) is 4.46. The maximum atomic E-state index is 13.4. The maximum absolute atomic E-state index is 13.4. The van der Waals surface area contributed by atoms with Crippen molar-refractivity contribution < 1.29 is 21.6 Å². The van der Waals surface area contributed by atoms with Crippen LogP contribution in [0, 0.1) is 0 Å². The van der Waals surface area contributed by atoms with Gasteiger partial charge in [-0.25, -0.2) is 8.42 Å². The van der Waals surface area contributed by atoms with Crippen LogP contribution >= 0.6 is 0 Å². The highest BCUT2D eigenvalue weighted by molar-refractivity contribution is 7.89. The van der Waals surface area contributed by atoms with Crippen molar-refractivity contribution in [1.29, 1.82) is 0 Å². The first-order valence-corrected chi connectivity index (χ1v) is 12.4. The second-order valence-corrected chi connectivity index (χ2v) is 10.1. The van der Waals surface area contributed by atoms with Crippen LogP contribution in [0.25, 0.3) is 22.0 Å². The van der Waals surface area contributed by atoms with Crippen LogP contribution in [0.2, 0.25) is 0 Å². The normalized spacial score (nSPS) is 15.5. The Morgan fingerprint density at radius 2 is 1.43 bits per heavy atom. The van der Waals surface area contributed by atoms with Crippen LogP contribution in [-0.2, 0) is 16.2 Å². The molecule has 0 amide bonds. The number of alkyl halides is 3. The van der Waals surface area contributed by atoms with E-state index in [1.165, 1.54) is 12.1 Å². The molecule has 2 heterocycles. The quantitative estimate of drug-likeness (QED) is 0.403. The Bertz CT molecular complexity index is 1460. The number of hydrogen-bond acceptors (Lipinski definition) is 5. The lowest BCUT2D eigenvalue weighted by molar-refractivity contribution is -0.139. The van der Waals surface area contributed by atoms with Crippen molar-refractivity contribution in [2.24, 2.45) is 0 Å². The molecule has 5 rings (SSSR count). The summed E-state index contributed by atoms with van der Waals surface area (Å²) in [6.45, 7) is 0.661. The molecule has 10 heteroatoms. The van der Waals surface area contributed by atoms with Gasteiger partial charge >= 0.3 is 6.18 Å². The summed E-state index contributed by atoms with van der Waals surface area (Å²) in [6, 6.07) is 21.9. The standard InChI is InChI=1S/C25H21F3N4O2S/c26-25(27,28)21-10-3-4-11-23(21)35(33,34)32-16-14-31(15-17-32)24-13-12-22(29-30-24)20-9-5-7-18-6-1-2-8-19(18)20/h1-13H,14-17H2. The lowest BCUT2D eigenvalue weighted by atomic mass is 10.0. The summed E-state index contributed by atoms with van der Waals surface area (Å²) in [5.74, 6) is 0.585. The zero-order valence-electron chi connectivity index (χ0n) is 18.5. The lowest BCUT2D eigenvalue weighted by Gasteiger charge is -2.34. The number of benzene rings is 3. The lowest BCUT2D eigenvalue weighted by Crippen LogP contribution is -2.49. The molecule has 0 atom stereocenters. The summed E-state index contributed by atoms with van der Waals surface area (Å²) in [7, 11) is -4.29. The molecule has 1 aromatic heterocycles. The van der Waals surface area contributed by atoms with Gasteiger partial charge in [-0.05, 0) is 35.0 Å². The number of fused-ring (bicyclic) bond motifs is 1. The van der Waals surface area contributed by atoms with Gasteiger partial charge < -0.3 is 4.90 Å². The minimum atomic E-state index is -4.76. The molecule has 3 aromatic carbocycles. The number of anilines is 1. The molecular formula is C25H21F3N4O2S. The predicted molar refractivity (Wildman–Crippen MR) is 127 cm³/mol. The van der Waals surface area contributed by atoms with Gasteiger partial charge in [-0.2, -0.15) is 17.5 Å². The maximum Gasteiger partial charge on any atom is 0.417 e. The summed E-state index contributed by atoms with van der Waals surface area (Å²) in [4.78, 5) is 1.15. The van der Waals surface area contributed by atoms with Crippen molar-refractivity contribution in [2.75, 3.05) is 31.1 Å². The summed E-state index contributed by atoms with van der Waals surface area (Å²) >= 11 is 0. The molecular weight excluding hydrogens is 477 g/mol. The molecule has 0 aliphatic carbocycles. The molecule has 0 radical (unpaired) electrons. The average Bonchev–Trinajstić information content (AvgIpc) is 2.88. The highest BCUT2D eigenvalue weighted by Crippen LogP contribution is 2.35. The molecule has 1 saturated heterocycles. The summed E-state index contributed by atoms with van der Waals surface area (Å²) < 4.78 is 67.2. The van der Waals surface area contributed by atoms with Crippen molar-refractivity contribution >= 4 is 26.6 Å². The minimum absolute atomic E-state index is 0.0429. The molecule has 1 aliphatic rings. The van der Waals surface area contributed by atoms with Crippen LogP contribution in [0.3, 0.4) is 0 Å². The number of hydrogen-bond donors (Lipinski definition) is 0. The molecule has 0 unspecified atom stereocenters. The molecule has 1 aliphatic heterocycles. The largest absolute Gasteiger partial charge is 0.417 e. The van der Waals surface area contributed by atoms with Crippen molar-refractivity contribution in [3.05, 3.63) is 84.4 Å². The van der Waals surface area contributed by atoms with E-state index in [1.54, 1.807) is 0 Å². The Balaban J connectivity index is 1.32. The van der Waals surface area contributed by atoms with E-state index in [1.807, 2.05) is 59.5 Å². The molecule has 0 bridgehead atoms. The first-order valence-electron chi connectivity index (χ1n) is 11.0. The van der Waals surface area contributed by atoms with E-state index in [9.17, 15) is 21.6 Å². The number of halogens is 3. The van der Waals surface area contributed by atoms with Crippen LogP contribution in [0.15, 0.2) is 83.8 Å². The van der Waals surface area contributed by atoms with Crippen LogP contribution < -0.4 is 4.90 Å². The second kappa shape index (κ2) is 8.94. The average molecular weight is 499 g/mol. The second-order valence-electron chi connectivity index (χ2n) is 8.19. The van der Waals surface area contributed by atoms with E-state index in [4.69, 9.17) is 0 Å². The minimum Gasteiger partial charge on any atom is -0.352 e. The van der Waals surface area contributed by atoms with Crippen molar-refractivity contribution in [1.82, 2.24) is 14.5 Å².